The minimum Gasteiger partial charge on any atom is -0.495 e. The second-order valence-corrected chi connectivity index (χ2v) is 7.77. The maximum atomic E-state index is 12.8. The second kappa shape index (κ2) is 6.21. The fraction of sp³-hybridized carbons (Fsp3) is 0.571. The molecule has 0 saturated carbocycles. The van der Waals surface area contributed by atoms with E-state index in [1.165, 1.54) is 23.5 Å². The molecule has 122 valence electrons. The molecule has 0 N–H and O–H groups in total. The van der Waals surface area contributed by atoms with Gasteiger partial charge in [0, 0.05) is 19.2 Å². The van der Waals surface area contributed by atoms with Gasteiger partial charge in [-0.05, 0) is 24.3 Å². The van der Waals surface area contributed by atoms with Gasteiger partial charge in [0.2, 0.25) is 10.0 Å². The van der Waals surface area contributed by atoms with E-state index in [9.17, 15) is 18.5 Å². The molecular formula is C14H20N2O5S. The van der Waals surface area contributed by atoms with Crippen LogP contribution in [0, 0.1) is 22.0 Å². The molecule has 0 bridgehead atoms. The highest BCUT2D eigenvalue weighted by Crippen LogP contribution is 2.33. The summed E-state index contributed by atoms with van der Waals surface area (Å²) in [6.45, 7) is 4.94. The van der Waals surface area contributed by atoms with Gasteiger partial charge in [0.15, 0.2) is 0 Å². The van der Waals surface area contributed by atoms with Gasteiger partial charge in [-0.2, -0.15) is 4.31 Å². The van der Waals surface area contributed by atoms with E-state index in [0.29, 0.717) is 13.1 Å². The summed E-state index contributed by atoms with van der Waals surface area (Å²) < 4.78 is 32.1. The molecule has 0 spiro atoms. The Hall–Kier alpha value is -1.67. The minimum absolute atomic E-state index is 0.0000737. The van der Waals surface area contributed by atoms with Crippen LogP contribution in [0.4, 0.5) is 5.69 Å². The number of piperidine rings is 1. The molecule has 2 atom stereocenters. The first-order valence-electron chi connectivity index (χ1n) is 7.08. The predicted octanol–water partition coefficient (Wildman–Crippen LogP) is 2.27. The van der Waals surface area contributed by atoms with Gasteiger partial charge in [-0.15, -0.1) is 0 Å². The molecule has 22 heavy (non-hydrogen) atoms. The van der Waals surface area contributed by atoms with Crippen molar-refractivity contribution in [2.24, 2.45) is 11.8 Å². The first-order chi connectivity index (χ1) is 10.3. The molecule has 1 aliphatic heterocycles. The third-order valence-corrected chi connectivity index (χ3v) is 5.68. The molecule has 0 amide bonds. The fourth-order valence-electron chi connectivity index (χ4n) is 2.92. The van der Waals surface area contributed by atoms with Crippen LogP contribution in [-0.2, 0) is 10.0 Å². The smallest absolute Gasteiger partial charge is 0.273 e. The molecule has 8 heteroatoms. The summed E-state index contributed by atoms with van der Waals surface area (Å²) >= 11 is 0. The Morgan fingerprint density at radius 1 is 1.27 bits per heavy atom. The van der Waals surface area contributed by atoms with Gasteiger partial charge < -0.3 is 4.74 Å². The van der Waals surface area contributed by atoms with E-state index in [4.69, 9.17) is 4.74 Å². The van der Waals surface area contributed by atoms with Crippen molar-refractivity contribution in [3.05, 3.63) is 28.3 Å². The number of hydrogen-bond acceptors (Lipinski definition) is 5. The number of ether oxygens (including phenoxy) is 1. The number of non-ortho nitro benzene ring substituents is 1. The number of nitrogens with zero attached hydrogens (tertiary/aromatic N) is 2. The Morgan fingerprint density at radius 2 is 1.86 bits per heavy atom. The molecule has 0 aromatic heterocycles. The van der Waals surface area contributed by atoms with Crippen LogP contribution in [0.15, 0.2) is 23.1 Å². The van der Waals surface area contributed by atoms with Gasteiger partial charge in [0.25, 0.3) is 5.69 Å². The quantitative estimate of drug-likeness (QED) is 0.625. The summed E-state index contributed by atoms with van der Waals surface area (Å²) in [4.78, 5) is 10.2. The third kappa shape index (κ3) is 3.22. The molecule has 1 saturated heterocycles. The van der Waals surface area contributed by atoms with Gasteiger partial charge >= 0.3 is 0 Å². The highest BCUT2D eigenvalue weighted by Gasteiger charge is 2.34. The van der Waals surface area contributed by atoms with E-state index in [1.807, 2.05) is 13.8 Å². The van der Waals surface area contributed by atoms with Crippen LogP contribution in [0.1, 0.15) is 20.3 Å². The molecule has 1 aliphatic rings. The number of sulfonamides is 1. The lowest BCUT2D eigenvalue weighted by Gasteiger charge is -2.34. The van der Waals surface area contributed by atoms with Crippen molar-refractivity contribution in [3.8, 4) is 5.75 Å². The maximum Gasteiger partial charge on any atom is 0.273 e. The molecule has 0 aliphatic carbocycles. The van der Waals surface area contributed by atoms with Crippen LogP contribution in [0.2, 0.25) is 0 Å². The normalized spacial score (nSPS) is 23.2. The standard InChI is InChI=1S/C14H20N2O5S/c1-10-6-11(2)9-15(8-10)22(19,20)14-5-4-12(16(17)18)7-13(14)21-3/h4-5,7,10-11H,6,8-9H2,1-3H3/t10-,11+. The topological polar surface area (TPSA) is 89.7 Å². The van der Waals surface area contributed by atoms with Crippen molar-refractivity contribution in [2.75, 3.05) is 20.2 Å². The number of nitro groups is 1. The molecule has 1 aromatic carbocycles. The second-order valence-electron chi connectivity index (χ2n) is 5.86. The van der Waals surface area contributed by atoms with Crippen molar-refractivity contribution in [2.45, 2.75) is 25.2 Å². The number of hydrogen-bond donors (Lipinski definition) is 0. The minimum atomic E-state index is -3.73. The van der Waals surface area contributed by atoms with E-state index in [0.717, 1.165) is 12.5 Å². The van der Waals surface area contributed by atoms with Gasteiger partial charge in [0.1, 0.15) is 10.6 Å². The van der Waals surface area contributed by atoms with Crippen LogP contribution in [0.25, 0.3) is 0 Å². The number of benzene rings is 1. The van der Waals surface area contributed by atoms with Crippen LogP contribution < -0.4 is 4.74 Å². The Labute approximate surface area is 130 Å². The summed E-state index contributed by atoms with van der Waals surface area (Å²) in [6, 6.07) is 3.58. The molecular weight excluding hydrogens is 308 g/mol. The number of methoxy groups -OCH3 is 1. The van der Waals surface area contributed by atoms with Crippen molar-refractivity contribution in [3.63, 3.8) is 0 Å². The Balaban J connectivity index is 2.42. The molecule has 0 unspecified atom stereocenters. The van der Waals surface area contributed by atoms with Gasteiger partial charge in [-0.25, -0.2) is 8.42 Å². The maximum absolute atomic E-state index is 12.8. The average Bonchev–Trinajstić information content (AvgIpc) is 2.45. The summed E-state index contributed by atoms with van der Waals surface area (Å²) in [6.07, 6.45) is 0.990. The molecule has 0 radical (unpaired) electrons. The Kier molecular flexibility index (Phi) is 4.72. The first-order valence-corrected chi connectivity index (χ1v) is 8.52. The van der Waals surface area contributed by atoms with Crippen LogP contribution >= 0.6 is 0 Å². The lowest BCUT2D eigenvalue weighted by molar-refractivity contribution is -0.385. The Bertz CT molecular complexity index is 664. The monoisotopic (exact) mass is 328 g/mol. The average molecular weight is 328 g/mol. The summed E-state index contributed by atoms with van der Waals surface area (Å²) in [5.41, 5.74) is -0.198. The van der Waals surface area contributed by atoms with Crippen molar-refractivity contribution in [1.82, 2.24) is 4.31 Å². The largest absolute Gasteiger partial charge is 0.495 e. The van der Waals surface area contributed by atoms with E-state index < -0.39 is 14.9 Å². The van der Waals surface area contributed by atoms with Crippen molar-refractivity contribution >= 4 is 15.7 Å². The molecule has 7 nitrogen and oxygen atoms in total. The summed E-state index contributed by atoms with van der Waals surface area (Å²) in [5, 5.41) is 10.8. The zero-order valence-corrected chi connectivity index (χ0v) is 13.7. The van der Waals surface area contributed by atoms with Gasteiger partial charge in [-0.3, -0.25) is 10.1 Å². The van der Waals surface area contributed by atoms with Gasteiger partial charge in [-0.1, -0.05) is 13.8 Å². The fourth-order valence-corrected chi connectivity index (χ4v) is 4.74. The van der Waals surface area contributed by atoms with E-state index in [2.05, 4.69) is 0 Å². The van der Waals surface area contributed by atoms with E-state index in [1.54, 1.807) is 0 Å². The van der Waals surface area contributed by atoms with Crippen LogP contribution in [0.5, 0.6) is 5.75 Å². The highest BCUT2D eigenvalue weighted by molar-refractivity contribution is 7.89. The van der Waals surface area contributed by atoms with Crippen LogP contribution in [-0.4, -0.2) is 37.8 Å². The molecule has 1 aromatic rings. The summed E-state index contributed by atoms with van der Waals surface area (Å²) in [7, 11) is -2.42. The summed E-state index contributed by atoms with van der Waals surface area (Å²) in [5.74, 6) is 0.560. The first kappa shape index (κ1) is 16.7. The lowest BCUT2D eigenvalue weighted by Crippen LogP contribution is -2.42. The third-order valence-electron chi connectivity index (χ3n) is 3.81. The molecule has 1 fully saturated rings. The zero-order chi connectivity index (χ0) is 16.5. The van der Waals surface area contributed by atoms with E-state index >= 15 is 0 Å². The SMILES string of the molecule is COc1cc([N+](=O)[O-])ccc1S(=O)(=O)N1C[C@H](C)C[C@H](C)C1. The van der Waals surface area contributed by atoms with Gasteiger partial charge in [0.05, 0.1) is 18.1 Å². The highest BCUT2D eigenvalue weighted by atomic mass is 32.2. The van der Waals surface area contributed by atoms with Crippen molar-refractivity contribution < 1.29 is 18.1 Å². The molecule has 2 rings (SSSR count). The zero-order valence-electron chi connectivity index (χ0n) is 12.9. The van der Waals surface area contributed by atoms with E-state index in [-0.39, 0.29) is 28.2 Å². The number of nitro benzene ring substituents is 1. The molecule has 1 heterocycles. The number of rotatable bonds is 4. The predicted molar refractivity (Wildman–Crippen MR) is 81.4 cm³/mol. The Morgan fingerprint density at radius 3 is 2.36 bits per heavy atom. The lowest BCUT2D eigenvalue weighted by atomic mass is 9.94. The van der Waals surface area contributed by atoms with Crippen LogP contribution in [0.3, 0.4) is 0 Å². The van der Waals surface area contributed by atoms with Crippen molar-refractivity contribution in [1.29, 1.82) is 0 Å².